The van der Waals surface area contributed by atoms with Gasteiger partial charge in [-0.15, -0.1) is 0 Å². The third-order valence-corrected chi connectivity index (χ3v) is 6.41. The number of pyridine rings is 1. The largest absolute Gasteiger partial charge is 0.472 e. The summed E-state index contributed by atoms with van der Waals surface area (Å²) in [6.07, 6.45) is 4.70. The Balaban J connectivity index is 1.30. The highest BCUT2D eigenvalue weighted by molar-refractivity contribution is 5.70. The van der Waals surface area contributed by atoms with Gasteiger partial charge in [-0.25, -0.2) is 4.98 Å². The van der Waals surface area contributed by atoms with Gasteiger partial charge in [0.05, 0.1) is 0 Å². The molecular weight excluding hydrogens is 344 g/mol. The number of fused-ring (bicyclic) bond motifs is 3. The highest BCUT2D eigenvalue weighted by Crippen LogP contribution is 2.34. The van der Waals surface area contributed by atoms with Crippen molar-refractivity contribution in [3.8, 4) is 28.1 Å². The Labute approximate surface area is 167 Å². The van der Waals surface area contributed by atoms with E-state index in [2.05, 4.69) is 71.4 Å². The first-order valence-electron chi connectivity index (χ1n) is 10.3. The van der Waals surface area contributed by atoms with E-state index in [0.29, 0.717) is 12.0 Å². The molecule has 142 valence electrons. The van der Waals surface area contributed by atoms with Gasteiger partial charge in [0.1, 0.15) is 6.10 Å². The Morgan fingerprint density at radius 1 is 0.786 bits per heavy atom. The van der Waals surface area contributed by atoms with Crippen LogP contribution in [0.25, 0.3) is 22.3 Å². The minimum absolute atomic E-state index is 0.269. The van der Waals surface area contributed by atoms with Crippen molar-refractivity contribution in [2.75, 3.05) is 13.1 Å². The lowest BCUT2D eigenvalue weighted by Gasteiger charge is -2.49. The molecule has 3 aliphatic rings. The summed E-state index contributed by atoms with van der Waals surface area (Å²) >= 11 is 0. The minimum atomic E-state index is 0.269. The first-order valence-corrected chi connectivity index (χ1v) is 10.3. The van der Waals surface area contributed by atoms with E-state index in [1.807, 2.05) is 18.3 Å². The van der Waals surface area contributed by atoms with Crippen molar-refractivity contribution in [1.29, 1.82) is 0 Å². The van der Waals surface area contributed by atoms with Crippen molar-refractivity contribution in [2.45, 2.75) is 31.9 Å². The lowest BCUT2D eigenvalue weighted by Crippen LogP contribution is -2.58. The fourth-order valence-electron chi connectivity index (χ4n) is 4.70. The van der Waals surface area contributed by atoms with Gasteiger partial charge < -0.3 is 4.74 Å². The van der Waals surface area contributed by atoms with Gasteiger partial charge in [-0.3, -0.25) is 4.90 Å². The van der Waals surface area contributed by atoms with Crippen LogP contribution in [-0.4, -0.2) is 35.1 Å². The van der Waals surface area contributed by atoms with Gasteiger partial charge in [-0.1, -0.05) is 54.6 Å². The highest BCUT2D eigenvalue weighted by atomic mass is 16.5. The molecule has 3 aromatic rings. The Bertz CT molecular complexity index is 911. The highest BCUT2D eigenvalue weighted by Gasteiger charge is 2.41. The number of hydrogen-bond donors (Lipinski definition) is 0. The maximum absolute atomic E-state index is 6.32. The number of benzene rings is 2. The first-order chi connectivity index (χ1) is 13.8. The fraction of sp³-hybridized carbons (Fsp3) is 0.320. The molecule has 6 rings (SSSR count). The molecule has 0 spiro atoms. The molecule has 3 heteroatoms. The first kappa shape index (κ1) is 17.4. The molecule has 0 N–H and O–H groups in total. The van der Waals surface area contributed by atoms with E-state index in [0.717, 1.165) is 11.4 Å². The van der Waals surface area contributed by atoms with Crippen LogP contribution in [0.2, 0.25) is 0 Å². The summed E-state index contributed by atoms with van der Waals surface area (Å²) in [6.45, 7) is 4.73. The summed E-state index contributed by atoms with van der Waals surface area (Å²) in [5.74, 6) is 1.42. The van der Waals surface area contributed by atoms with Crippen molar-refractivity contribution in [2.24, 2.45) is 5.92 Å². The van der Waals surface area contributed by atoms with Gasteiger partial charge in [0.2, 0.25) is 5.88 Å². The van der Waals surface area contributed by atoms with Gasteiger partial charge in [0.25, 0.3) is 0 Å². The number of aromatic nitrogens is 1. The van der Waals surface area contributed by atoms with Crippen LogP contribution in [0.3, 0.4) is 0 Å². The number of piperidine rings is 3. The zero-order valence-electron chi connectivity index (χ0n) is 16.3. The third kappa shape index (κ3) is 3.31. The fourth-order valence-corrected chi connectivity index (χ4v) is 4.70. The van der Waals surface area contributed by atoms with E-state index in [9.17, 15) is 0 Å². The van der Waals surface area contributed by atoms with E-state index < -0.39 is 0 Å². The van der Waals surface area contributed by atoms with Gasteiger partial charge >= 0.3 is 0 Å². The van der Waals surface area contributed by atoms with Crippen LogP contribution in [0.4, 0.5) is 0 Å². The summed E-state index contributed by atoms with van der Waals surface area (Å²) < 4.78 is 6.32. The molecule has 4 heterocycles. The Kier molecular flexibility index (Phi) is 4.61. The van der Waals surface area contributed by atoms with Gasteiger partial charge in [-0.2, -0.15) is 0 Å². The van der Waals surface area contributed by atoms with Gasteiger partial charge in [-0.05, 0) is 61.5 Å². The van der Waals surface area contributed by atoms with Crippen molar-refractivity contribution >= 4 is 0 Å². The van der Waals surface area contributed by atoms with Gasteiger partial charge in [0, 0.05) is 23.9 Å². The maximum atomic E-state index is 6.32. The molecule has 1 aromatic heterocycles. The maximum Gasteiger partial charge on any atom is 0.213 e. The molecule has 0 aliphatic carbocycles. The predicted octanol–water partition coefficient (Wildman–Crippen LogP) is 5.28. The van der Waals surface area contributed by atoms with Gasteiger partial charge in [0.15, 0.2) is 0 Å². The molecule has 3 saturated heterocycles. The van der Waals surface area contributed by atoms with Crippen LogP contribution >= 0.6 is 0 Å². The van der Waals surface area contributed by atoms with E-state index in [-0.39, 0.29) is 6.10 Å². The smallest absolute Gasteiger partial charge is 0.213 e. The normalized spacial score (nSPS) is 26.2. The van der Waals surface area contributed by atoms with Crippen LogP contribution in [0.5, 0.6) is 5.88 Å². The summed E-state index contributed by atoms with van der Waals surface area (Å²) in [6, 6.07) is 23.7. The van der Waals surface area contributed by atoms with Crippen LogP contribution in [0.1, 0.15) is 19.8 Å². The summed E-state index contributed by atoms with van der Waals surface area (Å²) in [5.41, 5.74) is 4.76. The van der Waals surface area contributed by atoms with Crippen molar-refractivity contribution in [3.63, 3.8) is 0 Å². The third-order valence-electron chi connectivity index (χ3n) is 6.41. The lowest BCUT2D eigenvalue weighted by molar-refractivity contribution is -0.0525. The van der Waals surface area contributed by atoms with Crippen LogP contribution in [-0.2, 0) is 0 Å². The molecule has 0 radical (unpaired) electrons. The average Bonchev–Trinajstić information content (AvgIpc) is 2.78. The zero-order valence-corrected chi connectivity index (χ0v) is 16.3. The summed E-state index contributed by atoms with van der Waals surface area (Å²) in [4.78, 5) is 7.16. The van der Waals surface area contributed by atoms with E-state index in [4.69, 9.17) is 4.74 Å². The minimum Gasteiger partial charge on any atom is -0.472 e. The molecule has 3 fully saturated rings. The molecule has 0 saturated carbocycles. The molecule has 0 amide bonds. The molecular formula is C25H26N2O. The molecule has 2 atom stereocenters. The average molecular weight is 370 g/mol. The van der Waals surface area contributed by atoms with E-state index >= 15 is 0 Å². The Morgan fingerprint density at radius 3 is 2.00 bits per heavy atom. The number of nitrogens with zero attached hydrogens (tertiary/aromatic N) is 2. The predicted molar refractivity (Wildman–Crippen MR) is 113 cm³/mol. The van der Waals surface area contributed by atoms with Crippen LogP contribution in [0, 0.1) is 5.92 Å². The quantitative estimate of drug-likeness (QED) is 0.625. The van der Waals surface area contributed by atoms with E-state index in [1.165, 1.54) is 42.6 Å². The molecule has 3 aliphatic heterocycles. The number of ether oxygens (including phenoxy) is 1. The second-order valence-electron chi connectivity index (χ2n) is 8.02. The molecule has 3 nitrogen and oxygen atoms in total. The molecule has 2 bridgehead atoms. The molecule has 2 aromatic carbocycles. The molecule has 28 heavy (non-hydrogen) atoms. The topological polar surface area (TPSA) is 25.4 Å². The SMILES string of the molecule is CC1C(Oc2ccc(-c3ccc(-c4ccccc4)cc3)cn2)C2CCN1CC2. The second-order valence-corrected chi connectivity index (χ2v) is 8.02. The Hall–Kier alpha value is -2.65. The van der Waals surface area contributed by atoms with Crippen molar-refractivity contribution < 1.29 is 4.74 Å². The summed E-state index contributed by atoms with van der Waals surface area (Å²) in [7, 11) is 0. The van der Waals surface area contributed by atoms with Crippen LogP contribution in [0.15, 0.2) is 72.9 Å². The van der Waals surface area contributed by atoms with Crippen molar-refractivity contribution in [1.82, 2.24) is 9.88 Å². The molecule has 2 unspecified atom stereocenters. The lowest BCUT2D eigenvalue weighted by atomic mass is 9.81. The second kappa shape index (κ2) is 7.40. The standard InChI is InChI=1S/C25H26N2O/c1-18-25(22-13-15-27(18)16-14-22)28-24-12-11-23(17-26-24)21-9-7-20(8-10-21)19-5-3-2-4-6-19/h2-12,17-18,22,25H,13-16H2,1H3. The van der Waals surface area contributed by atoms with E-state index in [1.54, 1.807) is 0 Å². The number of hydrogen-bond acceptors (Lipinski definition) is 3. The summed E-state index contributed by atoms with van der Waals surface area (Å²) in [5, 5.41) is 0. The zero-order chi connectivity index (χ0) is 18.9. The number of rotatable bonds is 4. The monoisotopic (exact) mass is 370 g/mol. The Morgan fingerprint density at radius 2 is 1.39 bits per heavy atom. The van der Waals surface area contributed by atoms with Crippen molar-refractivity contribution in [3.05, 3.63) is 72.9 Å². The van der Waals surface area contributed by atoms with Crippen LogP contribution < -0.4 is 4.74 Å².